The number of fused-ring (bicyclic) bond motifs is 2. The van der Waals surface area contributed by atoms with Gasteiger partial charge in [0.25, 0.3) is 5.56 Å². The number of aromatic amines is 1. The van der Waals surface area contributed by atoms with Crippen molar-refractivity contribution >= 4 is 27.9 Å². The maximum absolute atomic E-state index is 13.1. The van der Waals surface area contributed by atoms with E-state index in [9.17, 15) is 9.90 Å². The van der Waals surface area contributed by atoms with Gasteiger partial charge in [0, 0.05) is 13.0 Å². The number of ether oxygens (including phenoxy) is 4. The topological polar surface area (TPSA) is 133 Å². The Morgan fingerprint density at radius 1 is 0.849 bits per heavy atom. The number of imidazole rings is 1. The lowest BCUT2D eigenvalue weighted by Gasteiger charge is -2.37. The quantitative estimate of drug-likeness (QED) is 0.121. The molecule has 0 unspecified atom stereocenters. The summed E-state index contributed by atoms with van der Waals surface area (Å²) >= 11 is 0. The normalized spacial score (nSPS) is 17.3. The van der Waals surface area contributed by atoms with Gasteiger partial charge in [-0.15, -0.1) is 0 Å². The monoisotopic (exact) mass is 709 g/mol. The van der Waals surface area contributed by atoms with Crippen LogP contribution in [0.1, 0.15) is 34.9 Å². The summed E-state index contributed by atoms with van der Waals surface area (Å²) in [4.78, 5) is 25.0. The molecule has 3 N–H and O–H groups in total. The summed E-state index contributed by atoms with van der Waals surface area (Å²) < 4.78 is 26.1. The van der Waals surface area contributed by atoms with Crippen LogP contribution in [0.4, 0.5) is 5.95 Å². The van der Waals surface area contributed by atoms with Crippen molar-refractivity contribution in [1.82, 2.24) is 19.5 Å². The number of H-pyrrole nitrogens is 1. The lowest BCUT2D eigenvalue weighted by atomic mass is 9.80. The molecule has 1 aliphatic rings. The minimum Gasteiger partial charge on any atom is -0.497 e. The average Bonchev–Trinajstić information content (AvgIpc) is 3.81. The average molecular weight is 710 g/mol. The van der Waals surface area contributed by atoms with E-state index in [-0.39, 0.29) is 24.1 Å². The Bertz CT molecular complexity index is 2350. The highest BCUT2D eigenvalue weighted by Gasteiger charge is 2.42. The minimum absolute atomic E-state index is 0.0455. The molecule has 1 fully saturated rings. The summed E-state index contributed by atoms with van der Waals surface area (Å²) in [7, 11) is 3.26. The van der Waals surface area contributed by atoms with Gasteiger partial charge in [-0.25, -0.2) is 4.98 Å². The van der Waals surface area contributed by atoms with Gasteiger partial charge in [0.15, 0.2) is 11.2 Å². The summed E-state index contributed by atoms with van der Waals surface area (Å²) in [5.74, 6) is 1.74. The number of hydrogen-bond acceptors (Lipinski definition) is 9. The maximum Gasteiger partial charge on any atom is 0.280 e. The predicted octanol–water partition coefficient (Wildman–Crippen LogP) is 6.56. The van der Waals surface area contributed by atoms with Crippen LogP contribution in [0.25, 0.3) is 21.9 Å². The summed E-state index contributed by atoms with van der Waals surface area (Å²) in [6, 6.07) is 39.9. The fourth-order valence-electron chi connectivity index (χ4n) is 7.07. The highest BCUT2D eigenvalue weighted by molar-refractivity contribution is 5.83. The zero-order valence-corrected chi connectivity index (χ0v) is 29.3. The van der Waals surface area contributed by atoms with Crippen LogP contribution in [0.15, 0.2) is 132 Å². The van der Waals surface area contributed by atoms with Crippen molar-refractivity contribution in [3.63, 3.8) is 0 Å². The third kappa shape index (κ3) is 6.62. The first-order valence-electron chi connectivity index (χ1n) is 17.5. The number of nitrogens with one attached hydrogen (secondary N) is 2. The summed E-state index contributed by atoms with van der Waals surface area (Å²) in [5, 5.41) is 16.9. The molecule has 0 saturated carbocycles. The van der Waals surface area contributed by atoms with Gasteiger partial charge >= 0.3 is 0 Å². The number of methoxy groups -OCH3 is 2. The molecule has 11 heteroatoms. The van der Waals surface area contributed by atoms with E-state index in [1.165, 1.54) is 6.33 Å². The Labute approximate surface area is 305 Å². The van der Waals surface area contributed by atoms with Gasteiger partial charge < -0.3 is 29.4 Å². The van der Waals surface area contributed by atoms with Crippen LogP contribution in [0.2, 0.25) is 0 Å². The molecular formula is C42H39N5O6. The van der Waals surface area contributed by atoms with Gasteiger partial charge in [0.2, 0.25) is 5.95 Å². The highest BCUT2D eigenvalue weighted by atomic mass is 16.6. The smallest absolute Gasteiger partial charge is 0.280 e. The van der Waals surface area contributed by atoms with Gasteiger partial charge in [0.1, 0.15) is 29.4 Å². The van der Waals surface area contributed by atoms with E-state index in [0.29, 0.717) is 18.1 Å². The first-order chi connectivity index (χ1) is 25.9. The number of rotatable bonds is 12. The first kappa shape index (κ1) is 34.1. The Morgan fingerprint density at radius 2 is 1.49 bits per heavy atom. The molecule has 2 aromatic heterocycles. The molecule has 11 nitrogen and oxygen atoms in total. The second-order valence-corrected chi connectivity index (χ2v) is 13.0. The SMILES string of the molecule is COc1ccc(C(OC[C@H]2O[C@@H](n3cnc4c(=O)[nH]c(NCc5ccc6ccccc6c5)nc43)C[C@@H]2O)(c2ccccc2)c2ccc(OC)cc2)cc1. The number of aromatic nitrogens is 4. The zero-order chi connectivity index (χ0) is 36.4. The van der Waals surface area contributed by atoms with Crippen molar-refractivity contribution in [3.8, 4) is 11.5 Å². The minimum atomic E-state index is -1.08. The van der Waals surface area contributed by atoms with Crippen molar-refractivity contribution < 1.29 is 24.1 Å². The summed E-state index contributed by atoms with van der Waals surface area (Å²) in [6.07, 6.45) is -0.435. The van der Waals surface area contributed by atoms with Crippen molar-refractivity contribution in [3.05, 3.63) is 160 Å². The van der Waals surface area contributed by atoms with E-state index < -0.39 is 24.0 Å². The Balaban J connectivity index is 1.07. The number of aliphatic hydroxyl groups is 1. The molecule has 3 atom stereocenters. The zero-order valence-electron chi connectivity index (χ0n) is 29.3. The maximum atomic E-state index is 13.1. The Kier molecular flexibility index (Phi) is 9.36. The Hall–Kier alpha value is -6.01. The molecule has 0 bridgehead atoms. The van der Waals surface area contributed by atoms with E-state index in [1.807, 2.05) is 97.1 Å². The number of hydrogen-bond donors (Lipinski definition) is 3. The van der Waals surface area contributed by atoms with Crippen LogP contribution in [-0.4, -0.2) is 57.7 Å². The van der Waals surface area contributed by atoms with Crippen LogP contribution in [0.5, 0.6) is 11.5 Å². The molecule has 0 amide bonds. The first-order valence-corrected chi connectivity index (χ1v) is 17.5. The lowest BCUT2D eigenvalue weighted by Crippen LogP contribution is -2.38. The van der Waals surface area contributed by atoms with Crippen molar-refractivity contribution in [1.29, 1.82) is 0 Å². The second-order valence-electron chi connectivity index (χ2n) is 13.0. The van der Waals surface area contributed by atoms with Crippen LogP contribution in [0.3, 0.4) is 0 Å². The summed E-state index contributed by atoms with van der Waals surface area (Å²) in [5.41, 5.74) is 2.75. The molecule has 7 aromatic rings. The van der Waals surface area contributed by atoms with Gasteiger partial charge in [0.05, 0.1) is 33.3 Å². The molecule has 53 heavy (non-hydrogen) atoms. The molecule has 0 radical (unpaired) electrons. The number of aliphatic hydroxyl groups excluding tert-OH is 1. The van der Waals surface area contributed by atoms with E-state index in [2.05, 4.69) is 39.6 Å². The van der Waals surface area contributed by atoms with E-state index >= 15 is 0 Å². The molecule has 1 aliphatic heterocycles. The molecule has 8 rings (SSSR count). The fraction of sp³-hybridized carbons (Fsp3) is 0.214. The van der Waals surface area contributed by atoms with Crippen LogP contribution < -0.4 is 20.3 Å². The standard InChI is InChI=1S/C42H39N5O6/c1-50-33-18-14-31(15-19-33)42(30-10-4-3-5-11-30,32-16-20-34(51-2)21-17-32)52-25-36-35(48)23-37(53-36)47-26-44-38-39(47)45-41(46-40(38)49)43-24-27-12-13-28-8-6-7-9-29(28)22-27/h3-22,26,35-37,48H,23-25H2,1-2H3,(H2,43,45,46,49)/t35-,36+,37+/m0/s1. The highest BCUT2D eigenvalue weighted by Crippen LogP contribution is 2.43. The summed E-state index contributed by atoms with van der Waals surface area (Å²) in [6.45, 7) is 0.501. The third-order valence-corrected chi connectivity index (χ3v) is 9.86. The fourth-order valence-corrected chi connectivity index (χ4v) is 7.07. The molecule has 1 saturated heterocycles. The van der Waals surface area contributed by atoms with E-state index in [4.69, 9.17) is 23.9 Å². The Morgan fingerprint density at radius 3 is 2.17 bits per heavy atom. The molecule has 0 aliphatic carbocycles. The van der Waals surface area contributed by atoms with E-state index in [1.54, 1.807) is 18.8 Å². The predicted molar refractivity (Wildman–Crippen MR) is 202 cm³/mol. The molecule has 268 valence electrons. The van der Waals surface area contributed by atoms with Crippen LogP contribution >= 0.6 is 0 Å². The van der Waals surface area contributed by atoms with Gasteiger partial charge in [-0.1, -0.05) is 91.0 Å². The van der Waals surface area contributed by atoms with Gasteiger partial charge in [-0.05, 0) is 63.4 Å². The van der Waals surface area contributed by atoms with Crippen molar-refractivity contribution in [2.75, 3.05) is 26.1 Å². The van der Waals surface area contributed by atoms with Crippen molar-refractivity contribution in [2.45, 2.75) is 37.0 Å². The van der Waals surface area contributed by atoms with Crippen LogP contribution in [0, 0.1) is 0 Å². The number of nitrogens with zero attached hydrogens (tertiary/aromatic N) is 3. The lowest BCUT2D eigenvalue weighted by molar-refractivity contribution is -0.0931. The molecule has 3 heterocycles. The molecule has 5 aromatic carbocycles. The van der Waals surface area contributed by atoms with Crippen molar-refractivity contribution in [2.24, 2.45) is 0 Å². The molecule has 0 spiro atoms. The van der Waals surface area contributed by atoms with Gasteiger partial charge in [-0.2, -0.15) is 4.98 Å². The van der Waals surface area contributed by atoms with Gasteiger partial charge in [-0.3, -0.25) is 14.3 Å². The van der Waals surface area contributed by atoms with Crippen LogP contribution in [-0.2, 0) is 21.6 Å². The largest absolute Gasteiger partial charge is 0.497 e. The second kappa shape index (κ2) is 14.5. The van der Waals surface area contributed by atoms with E-state index in [0.717, 1.165) is 44.5 Å². The number of anilines is 1. The molecular weight excluding hydrogens is 670 g/mol. The third-order valence-electron chi connectivity index (χ3n) is 9.86. The number of benzene rings is 5.